The van der Waals surface area contributed by atoms with Crippen LogP contribution in [-0.2, 0) is 4.79 Å². The summed E-state index contributed by atoms with van der Waals surface area (Å²) in [5.74, 6) is 0.936. The van der Waals surface area contributed by atoms with E-state index in [1.54, 1.807) is 17.5 Å². The number of carbonyl (C=O) groups is 1. The first-order chi connectivity index (χ1) is 7.74. The Hall–Kier alpha value is -1.42. The number of nitrogens with zero attached hydrogens (tertiary/aromatic N) is 1. The number of fused-ring (bicyclic) bond motifs is 1. The first-order valence-electron chi connectivity index (χ1n) is 5.38. The summed E-state index contributed by atoms with van der Waals surface area (Å²) >= 11 is 1.58. The number of carbonyl (C=O) groups excluding carboxylic acids is 1. The summed E-state index contributed by atoms with van der Waals surface area (Å²) in [4.78, 5) is 15.8. The van der Waals surface area contributed by atoms with E-state index >= 15 is 0 Å². The van der Waals surface area contributed by atoms with Crippen LogP contribution in [0.15, 0.2) is 24.5 Å². The second-order valence-electron chi connectivity index (χ2n) is 4.33. The second-order valence-corrected chi connectivity index (χ2v) is 5.42. The van der Waals surface area contributed by atoms with Crippen LogP contribution in [0, 0.1) is 11.8 Å². The summed E-state index contributed by atoms with van der Waals surface area (Å²) in [6, 6.07) is 3.97. The Morgan fingerprint density at radius 1 is 1.62 bits per heavy atom. The maximum Gasteiger partial charge on any atom is 0.228 e. The quantitative estimate of drug-likeness (QED) is 0.865. The van der Waals surface area contributed by atoms with Crippen molar-refractivity contribution in [2.24, 2.45) is 11.8 Å². The molecule has 0 bridgehead atoms. The van der Waals surface area contributed by atoms with E-state index in [0.717, 1.165) is 21.5 Å². The molecule has 3 rings (SSSR count). The van der Waals surface area contributed by atoms with Gasteiger partial charge in [0.05, 0.1) is 9.70 Å². The number of anilines is 1. The van der Waals surface area contributed by atoms with E-state index in [-0.39, 0.29) is 11.8 Å². The Morgan fingerprint density at radius 3 is 3.12 bits per heavy atom. The van der Waals surface area contributed by atoms with Crippen molar-refractivity contribution in [3.63, 3.8) is 0 Å². The van der Waals surface area contributed by atoms with Gasteiger partial charge in [-0.05, 0) is 29.9 Å². The molecule has 0 aliphatic heterocycles. The Kier molecular flexibility index (Phi) is 2.17. The second kappa shape index (κ2) is 3.56. The van der Waals surface area contributed by atoms with E-state index < -0.39 is 0 Å². The van der Waals surface area contributed by atoms with Gasteiger partial charge in [-0.25, -0.2) is 0 Å². The summed E-state index contributed by atoms with van der Waals surface area (Å²) in [5.41, 5.74) is 0. The average Bonchev–Trinajstić information content (AvgIpc) is 2.87. The largest absolute Gasteiger partial charge is 0.317 e. The summed E-state index contributed by atoms with van der Waals surface area (Å²) in [7, 11) is 0. The lowest BCUT2D eigenvalue weighted by atomic mass is 10.3. The van der Waals surface area contributed by atoms with Crippen molar-refractivity contribution >= 4 is 32.3 Å². The monoisotopic (exact) mass is 232 g/mol. The molecule has 0 aromatic carbocycles. The third-order valence-corrected chi connectivity index (χ3v) is 4.02. The van der Waals surface area contributed by atoms with Crippen LogP contribution < -0.4 is 5.32 Å². The maximum absolute atomic E-state index is 11.7. The normalized spacial score (nSPS) is 23.3. The number of rotatable bonds is 2. The first kappa shape index (κ1) is 9.78. The van der Waals surface area contributed by atoms with Crippen molar-refractivity contribution in [1.29, 1.82) is 0 Å². The SMILES string of the molecule is CC1CC1C(=O)Nc1cc2ccncc2s1. The molecule has 2 unspecified atom stereocenters. The Bertz CT molecular complexity index is 516. The van der Waals surface area contributed by atoms with Gasteiger partial charge < -0.3 is 5.32 Å². The standard InChI is InChI=1S/C12H12N2OS/c1-7-4-9(7)12(15)14-11-5-8-2-3-13-6-10(8)16-11/h2-3,5-7,9H,4H2,1H3,(H,14,15). The van der Waals surface area contributed by atoms with Crippen LogP contribution in [0.3, 0.4) is 0 Å². The van der Waals surface area contributed by atoms with Crippen LogP contribution in [0.4, 0.5) is 5.00 Å². The zero-order chi connectivity index (χ0) is 11.1. The van der Waals surface area contributed by atoms with Gasteiger partial charge >= 0.3 is 0 Å². The molecule has 2 atom stereocenters. The third-order valence-electron chi connectivity index (χ3n) is 3.02. The molecule has 1 amide bonds. The lowest BCUT2D eigenvalue weighted by molar-refractivity contribution is -0.117. The molecule has 1 fully saturated rings. The van der Waals surface area contributed by atoms with Crippen LogP contribution in [0.1, 0.15) is 13.3 Å². The van der Waals surface area contributed by atoms with Gasteiger partial charge in [0.15, 0.2) is 0 Å². The molecular weight excluding hydrogens is 220 g/mol. The summed E-state index contributed by atoms with van der Waals surface area (Å²) < 4.78 is 1.11. The van der Waals surface area contributed by atoms with Crippen molar-refractivity contribution in [3.8, 4) is 0 Å². The van der Waals surface area contributed by atoms with E-state index in [1.807, 2.05) is 18.3 Å². The summed E-state index contributed by atoms with van der Waals surface area (Å²) in [5, 5.41) is 5.04. The molecule has 1 N–H and O–H groups in total. The lowest BCUT2D eigenvalue weighted by Crippen LogP contribution is -2.13. The van der Waals surface area contributed by atoms with Crippen molar-refractivity contribution < 1.29 is 4.79 Å². The molecule has 2 aromatic rings. The molecule has 0 radical (unpaired) electrons. The number of amides is 1. The molecular formula is C12H12N2OS. The van der Waals surface area contributed by atoms with Crippen LogP contribution in [0.5, 0.6) is 0 Å². The highest BCUT2D eigenvalue weighted by molar-refractivity contribution is 7.22. The van der Waals surface area contributed by atoms with Crippen molar-refractivity contribution in [2.75, 3.05) is 5.32 Å². The summed E-state index contributed by atoms with van der Waals surface area (Å²) in [6.45, 7) is 2.11. The molecule has 16 heavy (non-hydrogen) atoms. The highest BCUT2D eigenvalue weighted by Gasteiger charge is 2.39. The Balaban J connectivity index is 1.81. The molecule has 82 valence electrons. The number of nitrogens with one attached hydrogen (secondary N) is 1. The maximum atomic E-state index is 11.7. The number of aromatic nitrogens is 1. The van der Waals surface area contributed by atoms with E-state index in [2.05, 4.69) is 17.2 Å². The fourth-order valence-corrected chi connectivity index (χ4v) is 2.78. The molecule has 0 spiro atoms. The highest BCUT2D eigenvalue weighted by atomic mass is 32.1. The third kappa shape index (κ3) is 1.69. The molecule has 3 nitrogen and oxygen atoms in total. The highest BCUT2D eigenvalue weighted by Crippen LogP contribution is 2.39. The van der Waals surface area contributed by atoms with Gasteiger partial charge in [-0.3, -0.25) is 9.78 Å². The molecule has 2 aromatic heterocycles. The average molecular weight is 232 g/mol. The smallest absolute Gasteiger partial charge is 0.228 e. The van der Waals surface area contributed by atoms with E-state index in [9.17, 15) is 4.79 Å². The molecule has 2 heterocycles. The predicted molar refractivity (Wildman–Crippen MR) is 65.5 cm³/mol. The van der Waals surface area contributed by atoms with Gasteiger partial charge in [-0.1, -0.05) is 6.92 Å². The van der Waals surface area contributed by atoms with Gasteiger partial charge in [-0.2, -0.15) is 0 Å². The molecule has 1 saturated carbocycles. The minimum Gasteiger partial charge on any atom is -0.317 e. The Labute approximate surface area is 97.5 Å². The minimum atomic E-state index is 0.159. The molecule has 4 heteroatoms. The molecule has 0 saturated heterocycles. The van der Waals surface area contributed by atoms with Crippen LogP contribution in [0.25, 0.3) is 10.1 Å². The Morgan fingerprint density at radius 2 is 2.44 bits per heavy atom. The predicted octanol–water partition coefficient (Wildman–Crippen LogP) is 2.89. The van der Waals surface area contributed by atoms with Crippen molar-refractivity contribution in [1.82, 2.24) is 4.98 Å². The number of thiophene rings is 1. The molecule has 1 aliphatic rings. The van der Waals surface area contributed by atoms with Gasteiger partial charge in [0.2, 0.25) is 5.91 Å². The van der Waals surface area contributed by atoms with Crippen LogP contribution in [-0.4, -0.2) is 10.9 Å². The first-order valence-corrected chi connectivity index (χ1v) is 6.20. The van der Waals surface area contributed by atoms with Gasteiger partial charge in [0.25, 0.3) is 0 Å². The zero-order valence-electron chi connectivity index (χ0n) is 8.93. The van der Waals surface area contributed by atoms with Gasteiger partial charge in [0.1, 0.15) is 0 Å². The summed E-state index contributed by atoms with van der Waals surface area (Å²) in [6.07, 6.45) is 4.62. The number of hydrogen-bond acceptors (Lipinski definition) is 3. The fraction of sp³-hybridized carbons (Fsp3) is 0.333. The number of pyridine rings is 1. The van der Waals surface area contributed by atoms with Crippen LogP contribution >= 0.6 is 11.3 Å². The lowest BCUT2D eigenvalue weighted by Gasteiger charge is -1.99. The van der Waals surface area contributed by atoms with Gasteiger partial charge in [-0.15, -0.1) is 11.3 Å². The van der Waals surface area contributed by atoms with Crippen LogP contribution in [0.2, 0.25) is 0 Å². The number of hydrogen-bond donors (Lipinski definition) is 1. The van der Waals surface area contributed by atoms with Gasteiger partial charge in [0, 0.05) is 18.3 Å². The van der Waals surface area contributed by atoms with Crippen molar-refractivity contribution in [3.05, 3.63) is 24.5 Å². The van der Waals surface area contributed by atoms with E-state index in [1.165, 1.54) is 0 Å². The van der Waals surface area contributed by atoms with E-state index in [4.69, 9.17) is 0 Å². The topological polar surface area (TPSA) is 42.0 Å². The van der Waals surface area contributed by atoms with Crippen molar-refractivity contribution in [2.45, 2.75) is 13.3 Å². The minimum absolute atomic E-state index is 0.159. The van der Waals surface area contributed by atoms with E-state index in [0.29, 0.717) is 5.92 Å². The zero-order valence-corrected chi connectivity index (χ0v) is 9.75. The fourth-order valence-electron chi connectivity index (χ4n) is 1.85. The molecule has 1 aliphatic carbocycles.